The number of methoxy groups -OCH3 is 1. The van der Waals surface area contributed by atoms with Gasteiger partial charge in [-0.15, -0.1) is 0 Å². The quantitative estimate of drug-likeness (QED) is 0.731. The smallest absolute Gasteiger partial charge is 0.240 e. The maximum absolute atomic E-state index is 12.2. The first-order chi connectivity index (χ1) is 9.26. The van der Waals surface area contributed by atoms with Gasteiger partial charge in [-0.25, -0.2) is 13.1 Å². The van der Waals surface area contributed by atoms with Crippen LogP contribution in [0.1, 0.15) is 13.3 Å². The van der Waals surface area contributed by atoms with Crippen molar-refractivity contribution in [2.24, 2.45) is 0 Å². The molecule has 0 saturated carbocycles. The van der Waals surface area contributed by atoms with E-state index in [2.05, 4.69) is 4.72 Å². The Labute approximate surface area is 121 Å². The topological polar surface area (TPSA) is 84.7 Å². The standard InChI is InChI=1S/C13H23N3O3S/c1-10(7-8-16(2)3)15-20(17,18)11-5-6-13(19-4)12(14)9-11/h5-6,9-10,15H,7-8,14H2,1-4H3. The normalized spacial score (nSPS) is 13.4. The first-order valence-electron chi connectivity index (χ1n) is 6.37. The van der Waals surface area contributed by atoms with Crippen LogP contribution in [0.5, 0.6) is 5.75 Å². The summed E-state index contributed by atoms with van der Waals surface area (Å²) in [4.78, 5) is 2.16. The van der Waals surface area contributed by atoms with Crippen LogP contribution in [0.25, 0.3) is 0 Å². The van der Waals surface area contributed by atoms with Gasteiger partial charge in [-0.3, -0.25) is 0 Å². The molecule has 1 unspecified atom stereocenters. The fourth-order valence-electron chi connectivity index (χ4n) is 1.72. The van der Waals surface area contributed by atoms with E-state index in [1.165, 1.54) is 19.2 Å². The third-order valence-electron chi connectivity index (χ3n) is 2.88. The van der Waals surface area contributed by atoms with Gasteiger partial charge in [0.2, 0.25) is 10.0 Å². The van der Waals surface area contributed by atoms with Gasteiger partial charge in [0, 0.05) is 6.04 Å². The summed E-state index contributed by atoms with van der Waals surface area (Å²) in [5, 5.41) is 0. The molecule has 0 saturated heterocycles. The van der Waals surface area contributed by atoms with Crippen LogP contribution in [-0.4, -0.2) is 47.1 Å². The minimum absolute atomic E-state index is 0.146. The largest absolute Gasteiger partial charge is 0.495 e. The molecule has 0 aliphatic carbocycles. The van der Waals surface area contributed by atoms with E-state index in [0.717, 1.165) is 13.0 Å². The Hall–Kier alpha value is -1.31. The molecule has 0 fully saturated rings. The lowest BCUT2D eigenvalue weighted by Gasteiger charge is -2.17. The number of ether oxygens (including phenoxy) is 1. The van der Waals surface area contributed by atoms with E-state index in [0.29, 0.717) is 11.4 Å². The average Bonchev–Trinajstić information content (AvgIpc) is 2.35. The Bertz CT molecular complexity index is 544. The van der Waals surface area contributed by atoms with Crippen LogP contribution < -0.4 is 15.2 Å². The molecule has 6 nitrogen and oxygen atoms in total. The molecular formula is C13H23N3O3S. The first kappa shape index (κ1) is 16.7. The van der Waals surface area contributed by atoms with Crippen molar-refractivity contribution in [3.05, 3.63) is 18.2 Å². The summed E-state index contributed by atoms with van der Waals surface area (Å²) in [6.45, 7) is 2.66. The maximum Gasteiger partial charge on any atom is 0.240 e. The second kappa shape index (κ2) is 6.92. The van der Waals surface area contributed by atoms with Crippen molar-refractivity contribution in [3.63, 3.8) is 0 Å². The molecule has 1 rings (SSSR count). The second-order valence-electron chi connectivity index (χ2n) is 5.02. The minimum atomic E-state index is -3.56. The van der Waals surface area contributed by atoms with Gasteiger partial charge in [-0.1, -0.05) is 0 Å². The number of nitrogens with zero attached hydrogens (tertiary/aromatic N) is 1. The lowest BCUT2D eigenvalue weighted by Crippen LogP contribution is -2.34. The number of hydrogen-bond donors (Lipinski definition) is 2. The Morgan fingerprint density at radius 2 is 2.05 bits per heavy atom. The zero-order chi connectivity index (χ0) is 15.3. The highest BCUT2D eigenvalue weighted by atomic mass is 32.2. The van der Waals surface area contributed by atoms with Gasteiger partial charge >= 0.3 is 0 Å². The lowest BCUT2D eigenvalue weighted by atomic mass is 10.2. The van der Waals surface area contributed by atoms with Crippen molar-refractivity contribution in [2.75, 3.05) is 33.5 Å². The molecule has 0 aliphatic heterocycles. The zero-order valence-corrected chi connectivity index (χ0v) is 13.2. The monoisotopic (exact) mass is 301 g/mol. The predicted octanol–water partition coefficient (Wildman–Crippen LogP) is 0.896. The van der Waals surface area contributed by atoms with Crippen LogP contribution in [0, 0.1) is 0 Å². The van der Waals surface area contributed by atoms with Crippen molar-refractivity contribution in [1.29, 1.82) is 0 Å². The number of nitrogens with one attached hydrogen (secondary N) is 1. The summed E-state index contributed by atoms with van der Waals surface area (Å²) >= 11 is 0. The molecule has 0 amide bonds. The van der Waals surface area contributed by atoms with E-state index >= 15 is 0 Å². The van der Waals surface area contributed by atoms with Crippen LogP contribution in [-0.2, 0) is 10.0 Å². The number of benzene rings is 1. The number of sulfonamides is 1. The highest BCUT2D eigenvalue weighted by Gasteiger charge is 2.18. The lowest BCUT2D eigenvalue weighted by molar-refractivity contribution is 0.379. The molecule has 1 atom stereocenters. The molecule has 0 radical (unpaired) electrons. The summed E-state index contributed by atoms with van der Waals surface area (Å²) < 4.78 is 32.1. The van der Waals surface area contributed by atoms with Crippen molar-refractivity contribution in [2.45, 2.75) is 24.3 Å². The number of rotatable bonds is 7. The maximum atomic E-state index is 12.2. The van der Waals surface area contributed by atoms with Gasteiger partial charge in [0.25, 0.3) is 0 Å². The second-order valence-corrected chi connectivity index (χ2v) is 6.73. The molecule has 0 aromatic heterocycles. The Morgan fingerprint density at radius 3 is 2.55 bits per heavy atom. The molecule has 3 N–H and O–H groups in total. The molecule has 114 valence electrons. The van der Waals surface area contributed by atoms with E-state index in [1.807, 2.05) is 25.9 Å². The molecule has 0 heterocycles. The average molecular weight is 301 g/mol. The highest BCUT2D eigenvalue weighted by Crippen LogP contribution is 2.24. The number of nitrogens with two attached hydrogens (primary N) is 1. The molecular weight excluding hydrogens is 278 g/mol. The molecule has 0 bridgehead atoms. The Morgan fingerprint density at radius 1 is 1.40 bits per heavy atom. The molecule has 0 spiro atoms. The van der Waals surface area contributed by atoms with Gasteiger partial charge in [0.15, 0.2) is 0 Å². The molecule has 7 heteroatoms. The summed E-state index contributed by atoms with van der Waals surface area (Å²) in [6, 6.07) is 4.29. The van der Waals surface area contributed by atoms with Gasteiger partial charge in [-0.2, -0.15) is 0 Å². The van der Waals surface area contributed by atoms with Gasteiger partial charge < -0.3 is 15.4 Å². The number of anilines is 1. The van der Waals surface area contributed by atoms with Gasteiger partial charge in [0.05, 0.1) is 17.7 Å². The van der Waals surface area contributed by atoms with Crippen molar-refractivity contribution in [3.8, 4) is 5.75 Å². The Kier molecular flexibility index (Phi) is 5.79. The summed E-state index contributed by atoms with van der Waals surface area (Å²) in [7, 11) is 1.83. The molecule has 1 aromatic carbocycles. The van der Waals surface area contributed by atoms with Crippen molar-refractivity contribution in [1.82, 2.24) is 9.62 Å². The Balaban J connectivity index is 2.81. The first-order valence-corrected chi connectivity index (χ1v) is 7.85. The zero-order valence-electron chi connectivity index (χ0n) is 12.4. The fourth-order valence-corrected chi connectivity index (χ4v) is 3.04. The van der Waals surface area contributed by atoms with Crippen molar-refractivity contribution < 1.29 is 13.2 Å². The third kappa shape index (κ3) is 4.66. The molecule has 20 heavy (non-hydrogen) atoms. The highest BCUT2D eigenvalue weighted by molar-refractivity contribution is 7.89. The fraction of sp³-hybridized carbons (Fsp3) is 0.538. The molecule has 1 aromatic rings. The number of hydrogen-bond acceptors (Lipinski definition) is 5. The molecule has 0 aliphatic rings. The van der Waals surface area contributed by atoms with E-state index < -0.39 is 10.0 Å². The van der Waals surface area contributed by atoms with Crippen LogP contribution in [0.3, 0.4) is 0 Å². The van der Waals surface area contributed by atoms with E-state index in [1.54, 1.807) is 6.07 Å². The minimum Gasteiger partial charge on any atom is -0.495 e. The summed E-state index contributed by atoms with van der Waals surface area (Å²) in [5.74, 6) is 0.463. The van der Waals surface area contributed by atoms with E-state index in [9.17, 15) is 8.42 Å². The van der Waals surface area contributed by atoms with E-state index in [-0.39, 0.29) is 10.9 Å². The van der Waals surface area contributed by atoms with E-state index in [4.69, 9.17) is 10.5 Å². The summed E-state index contributed by atoms with van der Waals surface area (Å²) in [6.07, 6.45) is 0.734. The van der Waals surface area contributed by atoms with Crippen LogP contribution in [0.4, 0.5) is 5.69 Å². The van der Waals surface area contributed by atoms with Gasteiger partial charge in [0.1, 0.15) is 5.75 Å². The van der Waals surface area contributed by atoms with Crippen LogP contribution >= 0.6 is 0 Å². The predicted molar refractivity (Wildman–Crippen MR) is 80.4 cm³/mol. The van der Waals surface area contributed by atoms with Crippen LogP contribution in [0.15, 0.2) is 23.1 Å². The van der Waals surface area contributed by atoms with Gasteiger partial charge in [-0.05, 0) is 52.2 Å². The van der Waals surface area contributed by atoms with Crippen LogP contribution in [0.2, 0.25) is 0 Å². The third-order valence-corrected chi connectivity index (χ3v) is 4.46. The summed E-state index contributed by atoms with van der Waals surface area (Å²) in [5.41, 5.74) is 6.04. The van der Waals surface area contributed by atoms with Crippen molar-refractivity contribution >= 4 is 15.7 Å². The number of nitrogen functional groups attached to an aromatic ring is 1. The SMILES string of the molecule is COc1ccc(S(=O)(=O)NC(C)CCN(C)C)cc1N.